The third-order valence-electron chi connectivity index (χ3n) is 3.02. The molecule has 0 saturated heterocycles. The largest absolute Gasteiger partial charge is 0.378 e. The second-order valence-corrected chi connectivity index (χ2v) is 4.52. The van der Waals surface area contributed by atoms with E-state index in [2.05, 4.69) is 11.8 Å². The van der Waals surface area contributed by atoms with E-state index in [9.17, 15) is 10.2 Å². The van der Waals surface area contributed by atoms with Gasteiger partial charge in [-0.2, -0.15) is 0 Å². The Morgan fingerprint density at radius 1 is 0.750 bits per heavy atom. The molecule has 0 heterocycles. The van der Waals surface area contributed by atoms with Gasteiger partial charge >= 0.3 is 0 Å². The van der Waals surface area contributed by atoms with Crippen molar-refractivity contribution in [3.05, 3.63) is 0 Å². The fourth-order valence-electron chi connectivity index (χ4n) is 1.72. The summed E-state index contributed by atoms with van der Waals surface area (Å²) < 4.78 is 0. The third-order valence-corrected chi connectivity index (χ3v) is 3.02. The fourth-order valence-corrected chi connectivity index (χ4v) is 1.72. The van der Waals surface area contributed by atoms with E-state index < -0.39 is 11.2 Å². The monoisotopic (exact) mass is 226 g/mol. The summed E-state index contributed by atoms with van der Waals surface area (Å²) in [5, 5.41) is 20.3. The van der Waals surface area contributed by atoms with Crippen LogP contribution in [-0.4, -0.2) is 21.4 Å². The van der Waals surface area contributed by atoms with Gasteiger partial charge in [0, 0.05) is 0 Å². The lowest BCUT2D eigenvalue weighted by Gasteiger charge is -2.23. The molecule has 0 aromatic heterocycles. The Kier molecular flexibility index (Phi) is 6.71. The first-order valence-corrected chi connectivity index (χ1v) is 6.44. The van der Waals surface area contributed by atoms with Crippen LogP contribution < -0.4 is 0 Å². The van der Waals surface area contributed by atoms with Gasteiger partial charge in [-0.25, -0.2) is 0 Å². The summed E-state index contributed by atoms with van der Waals surface area (Å²) in [7, 11) is 0. The zero-order valence-corrected chi connectivity index (χ0v) is 11.1. The molecular formula is C14H26O2. The quantitative estimate of drug-likeness (QED) is 0.684. The van der Waals surface area contributed by atoms with Gasteiger partial charge < -0.3 is 10.2 Å². The minimum absolute atomic E-state index is 0.611. The van der Waals surface area contributed by atoms with Gasteiger partial charge in [-0.15, -0.1) is 0 Å². The van der Waals surface area contributed by atoms with Crippen LogP contribution in [0, 0.1) is 11.8 Å². The maximum atomic E-state index is 10.2. The average molecular weight is 226 g/mol. The lowest BCUT2D eigenvalue weighted by molar-refractivity contribution is 0.0751. The van der Waals surface area contributed by atoms with Crippen molar-refractivity contribution in [1.82, 2.24) is 0 Å². The molecule has 0 rings (SSSR count). The molecule has 0 radical (unpaired) electrons. The zero-order valence-electron chi connectivity index (χ0n) is 11.1. The first-order valence-electron chi connectivity index (χ1n) is 6.44. The van der Waals surface area contributed by atoms with E-state index in [0.29, 0.717) is 25.7 Å². The Hall–Kier alpha value is -0.520. The van der Waals surface area contributed by atoms with Gasteiger partial charge in [-0.05, 0) is 25.7 Å². The zero-order chi connectivity index (χ0) is 12.7. The lowest BCUT2D eigenvalue weighted by Crippen LogP contribution is -2.29. The second-order valence-electron chi connectivity index (χ2n) is 4.52. The lowest BCUT2D eigenvalue weighted by atomic mass is 9.91. The van der Waals surface area contributed by atoms with Crippen LogP contribution in [-0.2, 0) is 0 Å². The predicted octanol–water partition coefficient (Wildman–Crippen LogP) is 2.87. The van der Waals surface area contributed by atoms with E-state index in [1.165, 1.54) is 0 Å². The molecule has 2 atom stereocenters. The Bertz CT molecular complexity index is 227. The molecule has 0 aromatic rings. The first-order chi connectivity index (χ1) is 7.45. The predicted molar refractivity (Wildman–Crippen MR) is 68.1 cm³/mol. The maximum absolute atomic E-state index is 10.2. The summed E-state index contributed by atoms with van der Waals surface area (Å²) in [4.78, 5) is 0. The van der Waals surface area contributed by atoms with Crippen LogP contribution in [0.3, 0.4) is 0 Å². The highest BCUT2D eigenvalue weighted by molar-refractivity contribution is 5.20. The van der Waals surface area contributed by atoms with Crippen molar-refractivity contribution in [2.45, 2.75) is 77.4 Å². The topological polar surface area (TPSA) is 40.5 Å². The highest BCUT2D eigenvalue weighted by Crippen LogP contribution is 2.19. The summed E-state index contributed by atoms with van der Waals surface area (Å²) in [6.45, 7) is 7.91. The Morgan fingerprint density at radius 2 is 1.06 bits per heavy atom. The standard InChI is InChI=1S/C14H26O2/c1-5-9-13(15,7-3)11-12-14(16,8-4)10-6-2/h15-16H,5-10H2,1-4H3. The SMILES string of the molecule is CCCC(O)(C#CC(O)(CC)CCC)CC. The van der Waals surface area contributed by atoms with E-state index in [1.54, 1.807) is 0 Å². The Balaban J connectivity index is 4.76. The molecule has 0 aliphatic rings. The van der Waals surface area contributed by atoms with Gasteiger partial charge in [-0.1, -0.05) is 52.4 Å². The van der Waals surface area contributed by atoms with Gasteiger partial charge in [0.25, 0.3) is 0 Å². The molecule has 94 valence electrons. The minimum Gasteiger partial charge on any atom is -0.378 e. The van der Waals surface area contributed by atoms with E-state index in [-0.39, 0.29) is 0 Å². The van der Waals surface area contributed by atoms with Crippen molar-refractivity contribution in [3.8, 4) is 11.8 Å². The normalized spacial score (nSPS) is 18.1. The molecule has 0 amide bonds. The van der Waals surface area contributed by atoms with Crippen molar-refractivity contribution < 1.29 is 10.2 Å². The smallest absolute Gasteiger partial charge is 0.125 e. The molecule has 0 bridgehead atoms. The minimum atomic E-state index is -0.925. The second kappa shape index (κ2) is 6.93. The molecule has 0 aliphatic carbocycles. The van der Waals surface area contributed by atoms with Crippen LogP contribution in [0.4, 0.5) is 0 Å². The summed E-state index contributed by atoms with van der Waals surface area (Å²) in [5.74, 6) is 5.76. The van der Waals surface area contributed by atoms with Crippen LogP contribution in [0.15, 0.2) is 0 Å². The highest BCUT2D eigenvalue weighted by Gasteiger charge is 2.24. The van der Waals surface area contributed by atoms with Crippen LogP contribution >= 0.6 is 0 Å². The summed E-state index contributed by atoms with van der Waals surface area (Å²) >= 11 is 0. The molecule has 2 unspecified atom stereocenters. The summed E-state index contributed by atoms with van der Waals surface area (Å²) in [6, 6.07) is 0. The number of rotatable bonds is 6. The van der Waals surface area contributed by atoms with E-state index in [1.807, 2.05) is 27.7 Å². The van der Waals surface area contributed by atoms with E-state index in [4.69, 9.17) is 0 Å². The molecule has 0 spiro atoms. The van der Waals surface area contributed by atoms with Gasteiger partial charge in [0.05, 0.1) is 0 Å². The molecule has 2 nitrogen and oxygen atoms in total. The van der Waals surface area contributed by atoms with Crippen molar-refractivity contribution >= 4 is 0 Å². The van der Waals surface area contributed by atoms with Crippen LogP contribution in [0.25, 0.3) is 0 Å². The van der Waals surface area contributed by atoms with Crippen molar-refractivity contribution in [2.24, 2.45) is 0 Å². The number of aliphatic hydroxyl groups is 2. The van der Waals surface area contributed by atoms with Gasteiger partial charge in [-0.3, -0.25) is 0 Å². The molecule has 2 N–H and O–H groups in total. The van der Waals surface area contributed by atoms with Gasteiger partial charge in [0.15, 0.2) is 0 Å². The molecule has 0 aliphatic heterocycles. The molecule has 0 fully saturated rings. The highest BCUT2D eigenvalue weighted by atomic mass is 16.3. The average Bonchev–Trinajstić information content (AvgIpc) is 2.27. The van der Waals surface area contributed by atoms with E-state index in [0.717, 1.165) is 12.8 Å². The first kappa shape index (κ1) is 15.5. The Morgan fingerprint density at radius 3 is 1.25 bits per heavy atom. The van der Waals surface area contributed by atoms with Crippen LogP contribution in [0.2, 0.25) is 0 Å². The Labute approximate surface area is 100 Å². The maximum Gasteiger partial charge on any atom is 0.125 e. The van der Waals surface area contributed by atoms with Crippen LogP contribution in [0.1, 0.15) is 66.2 Å². The molecule has 2 heteroatoms. The van der Waals surface area contributed by atoms with Crippen molar-refractivity contribution in [2.75, 3.05) is 0 Å². The third kappa shape index (κ3) is 5.01. The van der Waals surface area contributed by atoms with Gasteiger partial charge in [0.2, 0.25) is 0 Å². The fraction of sp³-hybridized carbons (Fsp3) is 0.857. The molecule has 0 aromatic carbocycles. The number of hydrogen-bond donors (Lipinski definition) is 2. The summed E-state index contributed by atoms with van der Waals surface area (Å²) in [5.41, 5.74) is -1.85. The van der Waals surface area contributed by atoms with Crippen LogP contribution in [0.5, 0.6) is 0 Å². The molecule has 0 saturated carbocycles. The van der Waals surface area contributed by atoms with Crippen molar-refractivity contribution in [1.29, 1.82) is 0 Å². The van der Waals surface area contributed by atoms with Crippen molar-refractivity contribution in [3.63, 3.8) is 0 Å². The van der Waals surface area contributed by atoms with E-state index >= 15 is 0 Å². The summed E-state index contributed by atoms with van der Waals surface area (Å²) in [6.07, 6.45) is 4.36. The number of hydrogen-bond acceptors (Lipinski definition) is 2. The molecular weight excluding hydrogens is 200 g/mol. The van der Waals surface area contributed by atoms with Gasteiger partial charge in [0.1, 0.15) is 11.2 Å². The molecule has 16 heavy (non-hydrogen) atoms.